The Morgan fingerprint density at radius 2 is 1.47 bits per heavy atom. The van der Waals surface area contributed by atoms with Gasteiger partial charge in [0.2, 0.25) is 4.93 Å². The average Bonchev–Trinajstić information content (AvgIpc) is 3.64. The highest BCUT2D eigenvalue weighted by molar-refractivity contribution is 7.87. The molecule has 8 nitrogen and oxygen atoms in total. The van der Waals surface area contributed by atoms with Crippen molar-refractivity contribution in [2.75, 3.05) is 7.11 Å². The van der Waals surface area contributed by atoms with Gasteiger partial charge in [0.25, 0.3) is 10.1 Å². The molecule has 1 atom stereocenters. The average molecular weight is 499 g/mol. The molecule has 0 saturated carbocycles. The molecule has 9 heteroatoms. The maximum atomic E-state index is 11.9. The van der Waals surface area contributed by atoms with Gasteiger partial charge in [-0.25, -0.2) is 9.97 Å². The Labute approximate surface area is 207 Å². The molecule has 0 radical (unpaired) electrons. The van der Waals surface area contributed by atoms with Gasteiger partial charge in [-0.15, -0.1) is 0 Å². The largest absolute Gasteiger partial charge is 0.357 e. The van der Waals surface area contributed by atoms with Crippen LogP contribution in [0.25, 0.3) is 51.9 Å². The molecule has 6 rings (SSSR count). The third kappa shape index (κ3) is 4.03. The van der Waals surface area contributed by atoms with Crippen molar-refractivity contribution >= 4 is 62.1 Å². The maximum Gasteiger partial charge on any atom is 0.299 e. The predicted molar refractivity (Wildman–Crippen MR) is 142 cm³/mol. The highest BCUT2D eigenvalue weighted by Crippen LogP contribution is 2.34. The number of hydrogen-bond acceptors (Lipinski definition) is 5. The van der Waals surface area contributed by atoms with E-state index in [0.29, 0.717) is 0 Å². The Kier molecular flexibility index (Phi) is 5.15. The molecular weight excluding hydrogens is 476 g/mol. The smallest absolute Gasteiger partial charge is 0.299 e. The number of aromatic amines is 2. The summed E-state index contributed by atoms with van der Waals surface area (Å²) >= 11 is 0. The second-order valence-corrected chi connectivity index (χ2v) is 10.4. The molecule has 3 aromatic rings. The SMILES string of the molecule is COC1(S(=O)(=O)O)C=CC(c2cc3cc4ccc(cc5nc(cc6nc(cc2[nH]3)C=C6)C=C5)[nH]4)=CC1. The summed E-state index contributed by atoms with van der Waals surface area (Å²) in [5.74, 6) is 0. The lowest BCUT2D eigenvalue weighted by molar-refractivity contribution is 0.0946. The third-order valence-electron chi connectivity index (χ3n) is 6.39. The molecule has 0 amide bonds. The number of allylic oxidation sites excluding steroid dienone is 2. The first kappa shape index (κ1) is 22.4. The van der Waals surface area contributed by atoms with Gasteiger partial charge in [0.05, 0.1) is 22.8 Å². The zero-order chi connectivity index (χ0) is 24.9. The van der Waals surface area contributed by atoms with Gasteiger partial charge >= 0.3 is 0 Å². The van der Waals surface area contributed by atoms with Crippen LogP contribution in [0.2, 0.25) is 0 Å². The standard InChI is InChI=1S/C27H22N4O4S/c1-35-27(36(32,33)34)10-8-17(9-11-27)25-15-24-14-22-5-4-20(29-22)12-18-2-3-19(28-18)13-21-6-7-23(30-21)16-26(25)31-24/h2-10,12-16,29,31H,11H2,1H3,(H,32,33,34). The number of hydrogen-bond donors (Lipinski definition) is 3. The van der Waals surface area contributed by atoms with E-state index in [4.69, 9.17) is 9.72 Å². The highest BCUT2D eigenvalue weighted by Gasteiger charge is 2.41. The molecule has 3 aliphatic rings. The second kappa shape index (κ2) is 8.27. The van der Waals surface area contributed by atoms with Gasteiger partial charge in [0, 0.05) is 41.2 Å². The first-order chi connectivity index (χ1) is 17.3. The Hall–Kier alpha value is -4.05. The number of H-pyrrole nitrogens is 2. The minimum Gasteiger partial charge on any atom is -0.357 e. The number of fused-ring (bicyclic) bond motifs is 8. The van der Waals surface area contributed by atoms with Crippen molar-refractivity contribution in [3.63, 3.8) is 0 Å². The second-order valence-electron chi connectivity index (χ2n) is 8.78. The Morgan fingerprint density at radius 1 is 0.833 bits per heavy atom. The van der Waals surface area contributed by atoms with E-state index >= 15 is 0 Å². The number of ether oxygens (including phenoxy) is 1. The van der Waals surface area contributed by atoms with Crippen LogP contribution in [0, 0.1) is 0 Å². The Morgan fingerprint density at radius 3 is 2.08 bits per heavy atom. The van der Waals surface area contributed by atoms with E-state index in [2.05, 4.69) is 15.0 Å². The van der Waals surface area contributed by atoms with Crippen LogP contribution in [0.1, 0.15) is 34.8 Å². The zero-order valence-corrected chi connectivity index (χ0v) is 20.1. The summed E-state index contributed by atoms with van der Waals surface area (Å²) in [5, 5.41) is 0. The van der Waals surface area contributed by atoms with E-state index in [1.165, 1.54) is 13.2 Å². The van der Waals surface area contributed by atoms with Gasteiger partial charge < -0.3 is 14.7 Å². The van der Waals surface area contributed by atoms with Crippen molar-refractivity contribution in [3.8, 4) is 0 Å². The van der Waals surface area contributed by atoms with Crippen LogP contribution >= 0.6 is 0 Å². The van der Waals surface area contributed by atoms with E-state index in [0.717, 1.165) is 56.0 Å². The van der Waals surface area contributed by atoms with Gasteiger partial charge in [-0.3, -0.25) is 4.55 Å². The van der Waals surface area contributed by atoms with Gasteiger partial charge in [0.1, 0.15) is 0 Å². The molecule has 0 aromatic carbocycles. The molecule has 0 spiro atoms. The quantitative estimate of drug-likeness (QED) is 0.293. The van der Waals surface area contributed by atoms with Crippen molar-refractivity contribution in [2.24, 2.45) is 0 Å². The van der Waals surface area contributed by atoms with Crippen molar-refractivity contribution in [1.29, 1.82) is 0 Å². The van der Waals surface area contributed by atoms with Gasteiger partial charge in [-0.05, 0) is 78.4 Å². The van der Waals surface area contributed by atoms with Crippen molar-refractivity contribution in [3.05, 3.63) is 89.0 Å². The van der Waals surface area contributed by atoms with Crippen LogP contribution < -0.4 is 0 Å². The normalized spacial score (nSPS) is 19.0. The molecule has 0 fully saturated rings. The zero-order valence-electron chi connectivity index (χ0n) is 19.3. The Bertz CT molecular complexity index is 1790. The molecule has 3 aromatic heterocycles. The Balaban J connectivity index is 1.56. The fraction of sp³-hybridized carbons (Fsp3) is 0.111. The van der Waals surface area contributed by atoms with Crippen LogP contribution in [0.4, 0.5) is 0 Å². The van der Waals surface area contributed by atoms with Crippen molar-refractivity contribution in [1.82, 2.24) is 19.9 Å². The molecule has 36 heavy (non-hydrogen) atoms. The number of rotatable bonds is 3. The van der Waals surface area contributed by atoms with Crippen LogP contribution in [-0.2, 0) is 14.9 Å². The lowest BCUT2D eigenvalue weighted by Crippen LogP contribution is -2.38. The first-order valence-corrected chi connectivity index (χ1v) is 12.7. The summed E-state index contributed by atoms with van der Waals surface area (Å²) < 4.78 is 38.7. The molecule has 3 N–H and O–H groups in total. The molecule has 0 saturated heterocycles. The number of methoxy groups -OCH3 is 1. The van der Waals surface area contributed by atoms with Gasteiger partial charge in [0.15, 0.2) is 0 Å². The fourth-order valence-electron chi connectivity index (χ4n) is 4.51. The summed E-state index contributed by atoms with van der Waals surface area (Å²) in [6.07, 6.45) is 12.6. The van der Waals surface area contributed by atoms with Crippen molar-refractivity contribution in [2.45, 2.75) is 11.4 Å². The van der Waals surface area contributed by atoms with E-state index in [1.54, 1.807) is 12.2 Å². The minimum absolute atomic E-state index is 0.0180. The summed E-state index contributed by atoms with van der Waals surface area (Å²) in [6, 6.07) is 13.8. The van der Waals surface area contributed by atoms with E-state index < -0.39 is 15.1 Å². The summed E-state index contributed by atoms with van der Waals surface area (Å²) in [6.45, 7) is 0. The van der Waals surface area contributed by atoms with Crippen LogP contribution in [0.5, 0.6) is 0 Å². The van der Waals surface area contributed by atoms with Crippen molar-refractivity contribution < 1.29 is 17.7 Å². The van der Waals surface area contributed by atoms with E-state index in [1.807, 2.05) is 66.8 Å². The molecular formula is C27H22N4O4S. The third-order valence-corrected chi connectivity index (χ3v) is 7.73. The van der Waals surface area contributed by atoms with Crippen LogP contribution in [-0.4, -0.2) is 44.9 Å². The molecule has 8 bridgehead atoms. The maximum absolute atomic E-state index is 11.9. The summed E-state index contributed by atoms with van der Waals surface area (Å²) in [5.41, 5.74) is 8.46. The van der Waals surface area contributed by atoms with E-state index in [9.17, 15) is 13.0 Å². The molecule has 5 heterocycles. The van der Waals surface area contributed by atoms with Crippen LogP contribution in [0.15, 0.2) is 60.7 Å². The van der Waals surface area contributed by atoms with E-state index in [-0.39, 0.29) is 6.42 Å². The molecule has 1 aliphatic carbocycles. The number of nitrogens with zero attached hydrogens (tertiary/aromatic N) is 2. The summed E-state index contributed by atoms with van der Waals surface area (Å²) in [7, 11) is -3.19. The molecule has 2 aliphatic heterocycles. The van der Waals surface area contributed by atoms with Crippen LogP contribution in [0.3, 0.4) is 0 Å². The predicted octanol–water partition coefficient (Wildman–Crippen LogP) is 5.23. The minimum atomic E-state index is -4.45. The summed E-state index contributed by atoms with van der Waals surface area (Å²) in [4.78, 5) is 14.4. The first-order valence-electron chi connectivity index (χ1n) is 11.3. The lowest BCUT2D eigenvalue weighted by Gasteiger charge is -2.27. The highest BCUT2D eigenvalue weighted by atomic mass is 32.2. The monoisotopic (exact) mass is 498 g/mol. The fourth-order valence-corrected chi connectivity index (χ4v) is 5.25. The van der Waals surface area contributed by atoms with Gasteiger partial charge in [-0.1, -0.05) is 12.2 Å². The number of aromatic nitrogens is 4. The topological polar surface area (TPSA) is 121 Å². The molecule has 1 unspecified atom stereocenters. The number of nitrogens with one attached hydrogen (secondary N) is 2. The van der Waals surface area contributed by atoms with Gasteiger partial charge in [-0.2, -0.15) is 8.42 Å². The lowest BCUT2D eigenvalue weighted by atomic mass is 9.98. The molecule has 180 valence electrons.